The number of hydrogen-bond donors (Lipinski definition) is 1. The quantitative estimate of drug-likeness (QED) is 0.859. The Hall–Kier alpha value is -2.56. The first-order chi connectivity index (χ1) is 10.0. The van der Waals surface area contributed by atoms with Crippen LogP contribution < -0.4 is 10.2 Å². The molecule has 1 aromatic carbocycles. The van der Waals surface area contributed by atoms with Crippen molar-refractivity contribution < 1.29 is 9.59 Å². The van der Waals surface area contributed by atoms with Crippen LogP contribution in [0.1, 0.15) is 21.7 Å². The van der Waals surface area contributed by atoms with E-state index in [0.29, 0.717) is 17.8 Å². The Bertz CT molecular complexity index is 670. The maximum atomic E-state index is 11.4. The summed E-state index contributed by atoms with van der Waals surface area (Å²) < 4.78 is 1.85. The van der Waals surface area contributed by atoms with Crippen molar-refractivity contribution in [1.29, 1.82) is 0 Å². The predicted octanol–water partition coefficient (Wildman–Crippen LogP) is 2.54. The van der Waals surface area contributed by atoms with Gasteiger partial charge >= 0.3 is 0 Å². The largest absolute Gasteiger partial charge is 0.378 e. The summed E-state index contributed by atoms with van der Waals surface area (Å²) in [5.41, 5.74) is 4.81. The van der Waals surface area contributed by atoms with Crippen LogP contribution in [0.15, 0.2) is 24.3 Å². The molecule has 2 aromatic rings. The van der Waals surface area contributed by atoms with Gasteiger partial charge in [0.2, 0.25) is 6.41 Å². The van der Waals surface area contributed by atoms with Crippen LogP contribution in [0.25, 0.3) is 5.69 Å². The maximum Gasteiger partial charge on any atom is 0.211 e. The average Bonchev–Trinajstić information content (AvgIpc) is 2.71. The van der Waals surface area contributed by atoms with Crippen LogP contribution in [0.5, 0.6) is 0 Å². The molecule has 2 rings (SSSR count). The maximum absolute atomic E-state index is 11.4. The zero-order valence-corrected chi connectivity index (χ0v) is 12.7. The van der Waals surface area contributed by atoms with Crippen molar-refractivity contribution in [3.8, 4) is 5.69 Å². The van der Waals surface area contributed by atoms with Gasteiger partial charge in [-0.05, 0) is 38.1 Å². The summed E-state index contributed by atoms with van der Waals surface area (Å²) in [7, 11) is 3.95. The molecule has 110 valence electrons. The molecule has 0 radical (unpaired) electrons. The van der Waals surface area contributed by atoms with Gasteiger partial charge in [-0.25, -0.2) is 0 Å². The fourth-order valence-electron chi connectivity index (χ4n) is 2.50. The highest BCUT2D eigenvalue weighted by molar-refractivity contribution is 5.86. The van der Waals surface area contributed by atoms with Crippen molar-refractivity contribution >= 4 is 24.1 Å². The molecule has 0 aliphatic carbocycles. The van der Waals surface area contributed by atoms with E-state index < -0.39 is 0 Å². The number of benzene rings is 1. The Balaban J connectivity index is 2.59. The number of nitrogens with one attached hydrogen (secondary N) is 1. The molecule has 1 aromatic heterocycles. The molecule has 0 saturated carbocycles. The molecule has 0 saturated heterocycles. The lowest BCUT2D eigenvalue weighted by molar-refractivity contribution is -0.105. The number of aldehydes is 1. The van der Waals surface area contributed by atoms with Crippen molar-refractivity contribution in [2.45, 2.75) is 13.8 Å². The molecule has 5 nitrogen and oxygen atoms in total. The molecule has 0 bridgehead atoms. The van der Waals surface area contributed by atoms with E-state index in [1.807, 2.05) is 61.7 Å². The SMILES string of the molecule is Cc1c(NC=O)c(C)n(-c2ccc(N(C)C)cc2)c1C=O. The third kappa shape index (κ3) is 2.54. The second-order valence-corrected chi connectivity index (χ2v) is 5.10. The molecule has 0 unspecified atom stereocenters. The topological polar surface area (TPSA) is 54.3 Å². The minimum atomic E-state index is 0.550. The van der Waals surface area contributed by atoms with E-state index in [2.05, 4.69) is 5.32 Å². The first-order valence-electron chi connectivity index (χ1n) is 6.66. The van der Waals surface area contributed by atoms with Crippen LogP contribution in [0.3, 0.4) is 0 Å². The minimum absolute atomic E-state index is 0.550. The van der Waals surface area contributed by atoms with E-state index in [0.717, 1.165) is 28.9 Å². The fourth-order valence-corrected chi connectivity index (χ4v) is 2.50. The fraction of sp³-hybridized carbons (Fsp3) is 0.250. The summed E-state index contributed by atoms with van der Waals surface area (Å²) >= 11 is 0. The second-order valence-electron chi connectivity index (χ2n) is 5.10. The number of anilines is 2. The highest BCUT2D eigenvalue weighted by Gasteiger charge is 2.17. The molecular formula is C16H19N3O2. The lowest BCUT2D eigenvalue weighted by Gasteiger charge is -2.14. The van der Waals surface area contributed by atoms with Gasteiger partial charge in [0.25, 0.3) is 0 Å². The Morgan fingerprint density at radius 1 is 1.10 bits per heavy atom. The molecule has 0 spiro atoms. The second kappa shape index (κ2) is 5.83. The van der Waals surface area contributed by atoms with Gasteiger partial charge in [-0.1, -0.05) is 0 Å². The van der Waals surface area contributed by atoms with Crippen LogP contribution in [0.4, 0.5) is 11.4 Å². The molecule has 0 atom stereocenters. The summed E-state index contributed by atoms with van der Waals surface area (Å²) in [6.45, 7) is 3.71. The Morgan fingerprint density at radius 2 is 1.71 bits per heavy atom. The molecule has 1 amide bonds. The lowest BCUT2D eigenvalue weighted by atomic mass is 10.2. The zero-order chi connectivity index (χ0) is 15.6. The normalized spacial score (nSPS) is 10.3. The number of carbonyl (C=O) groups is 2. The van der Waals surface area contributed by atoms with E-state index in [-0.39, 0.29) is 0 Å². The van der Waals surface area contributed by atoms with Crippen LogP contribution >= 0.6 is 0 Å². The first kappa shape index (κ1) is 14.8. The molecule has 0 fully saturated rings. The summed E-state index contributed by atoms with van der Waals surface area (Å²) in [5, 5.41) is 2.67. The van der Waals surface area contributed by atoms with Crippen LogP contribution in [0, 0.1) is 13.8 Å². The van der Waals surface area contributed by atoms with Gasteiger partial charge in [0, 0.05) is 36.7 Å². The minimum Gasteiger partial charge on any atom is -0.378 e. The average molecular weight is 285 g/mol. The number of rotatable bonds is 5. The molecule has 21 heavy (non-hydrogen) atoms. The smallest absolute Gasteiger partial charge is 0.211 e. The van der Waals surface area contributed by atoms with Crippen molar-refractivity contribution in [3.05, 3.63) is 41.2 Å². The van der Waals surface area contributed by atoms with E-state index >= 15 is 0 Å². The van der Waals surface area contributed by atoms with E-state index in [4.69, 9.17) is 0 Å². The third-order valence-corrected chi connectivity index (χ3v) is 3.64. The first-order valence-corrected chi connectivity index (χ1v) is 6.66. The van der Waals surface area contributed by atoms with Crippen molar-refractivity contribution in [1.82, 2.24) is 4.57 Å². The summed E-state index contributed by atoms with van der Waals surface area (Å²) in [6.07, 6.45) is 1.45. The zero-order valence-electron chi connectivity index (χ0n) is 12.7. The van der Waals surface area contributed by atoms with Crippen molar-refractivity contribution in [2.24, 2.45) is 0 Å². The number of amides is 1. The van der Waals surface area contributed by atoms with Gasteiger partial charge in [-0.2, -0.15) is 0 Å². The lowest BCUT2D eigenvalue weighted by Crippen LogP contribution is -2.09. The monoisotopic (exact) mass is 285 g/mol. The Morgan fingerprint density at radius 3 is 2.19 bits per heavy atom. The molecule has 1 heterocycles. The molecule has 5 heteroatoms. The summed E-state index contributed by atoms with van der Waals surface area (Å²) in [4.78, 5) is 24.2. The summed E-state index contributed by atoms with van der Waals surface area (Å²) in [6, 6.07) is 7.90. The number of aromatic nitrogens is 1. The van der Waals surface area contributed by atoms with E-state index in [9.17, 15) is 9.59 Å². The van der Waals surface area contributed by atoms with Crippen molar-refractivity contribution in [2.75, 3.05) is 24.3 Å². The van der Waals surface area contributed by atoms with Gasteiger partial charge in [0.15, 0.2) is 6.29 Å². The van der Waals surface area contributed by atoms with Crippen LogP contribution in [-0.4, -0.2) is 31.4 Å². The van der Waals surface area contributed by atoms with Gasteiger partial charge in [0.1, 0.15) is 0 Å². The third-order valence-electron chi connectivity index (χ3n) is 3.64. The number of nitrogens with zero attached hydrogens (tertiary/aromatic N) is 2. The Kier molecular flexibility index (Phi) is 4.12. The standard InChI is InChI=1S/C16H19N3O2/c1-11-15(9-20)19(12(2)16(11)17-10-21)14-7-5-13(6-8-14)18(3)4/h5-10H,1-4H3,(H,17,21). The molecule has 0 aliphatic rings. The molecule has 0 aliphatic heterocycles. The van der Waals surface area contributed by atoms with Crippen molar-refractivity contribution in [3.63, 3.8) is 0 Å². The van der Waals surface area contributed by atoms with Gasteiger partial charge in [-0.15, -0.1) is 0 Å². The molecular weight excluding hydrogens is 266 g/mol. The highest BCUT2D eigenvalue weighted by atomic mass is 16.1. The highest BCUT2D eigenvalue weighted by Crippen LogP contribution is 2.29. The predicted molar refractivity (Wildman–Crippen MR) is 84.6 cm³/mol. The molecule has 1 N–H and O–H groups in total. The van der Waals surface area contributed by atoms with Gasteiger partial charge in [0.05, 0.1) is 11.4 Å². The van der Waals surface area contributed by atoms with Crippen LogP contribution in [0.2, 0.25) is 0 Å². The number of carbonyl (C=O) groups excluding carboxylic acids is 2. The van der Waals surface area contributed by atoms with E-state index in [1.165, 1.54) is 0 Å². The van der Waals surface area contributed by atoms with Gasteiger partial charge < -0.3 is 14.8 Å². The van der Waals surface area contributed by atoms with E-state index in [1.54, 1.807) is 0 Å². The number of hydrogen-bond acceptors (Lipinski definition) is 3. The van der Waals surface area contributed by atoms with Gasteiger partial charge in [-0.3, -0.25) is 9.59 Å². The van der Waals surface area contributed by atoms with Crippen LogP contribution in [-0.2, 0) is 4.79 Å². The summed E-state index contributed by atoms with van der Waals surface area (Å²) in [5.74, 6) is 0. The Labute approximate surface area is 124 Å².